The van der Waals surface area contributed by atoms with Crippen molar-refractivity contribution in [3.8, 4) is 0 Å². The van der Waals surface area contributed by atoms with Crippen molar-refractivity contribution in [1.29, 1.82) is 0 Å². The number of hydrogen-bond donors (Lipinski definition) is 1. The van der Waals surface area contributed by atoms with E-state index in [-0.39, 0.29) is 0 Å². The Bertz CT molecular complexity index is 383. The van der Waals surface area contributed by atoms with Crippen molar-refractivity contribution in [2.24, 2.45) is 17.6 Å². The number of halogens is 3. The van der Waals surface area contributed by atoms with Crippen LogP contribution in [0.15, 0.2) is 24.3 Å². The molecule has 0 aromatic heterocycles. The van der Waals surface area contributed by atoms with Crippen molar-refractivity contribution in [1.82, 2.24) is 0 Å². The third kappa shape index (κ3) is 2.63. The van der Waals surface area contributed by atoms with Crippen LogP contribution in [0, 0.1) is 11.8 Å². The first kappa shape index (κ1) is 12.4. The van der Waals surface area contributed by atoms with Crippen molar-refractivity contribution >= 4 is 0 Å². The molecular formula is C13H16F3N. The molecule has 1 fully saturated rings. The van der Waals surface area contributed by atoms with E-state index in [1.807, 2.05) is 0 Å². The highest BCUT2D eigenvalue weighted by Gasteiger charge is 2.40. The SMILES string of the molecule is CC(c1ccc(C(F)(F)F)cc1)C1CC1CN. The Morgan fingerprint density at radius 1 is 1.29 bits per heavy atom. The van der Waals surface area contributed by atoms with E-state index >= 15 is 0 Å². The van der Waals surface area contributed by atoms with Crippen LogP contribution in [0.5, 0.6) is 0 Å². The largest absolute Gasteiger partial charge is 0.416 e. The summed E-state index contributed by atoms with van der Waals surface area (Å²) < 4.78 is 37.2. The van der Waals surface area contributed by atoms with E-state index in [0.29, 0.717) is 24.3 Å². The van der Waals surface area contributed by atoms with E-state index in [1.54, 1.807) is 12.1 Å². The molecule has 3 atom stereocenters. The summed E-state index contributed by atoms with van der Waals surface area (Å²) in [5.41, 5.74) is 5.96. The highest BCUT2D eigenvalue weighted by molar-refractivity contribution is 5.28. The number of alkyl halides is 3. The maximum Gasteiger partial charge on any atom is 0.416 e. The molecule has 17 heavy (non-hydrogen) atoms. The molecule has 4 heteroatoms. The topological polar surface area (TPSA) is 26.0 Å². The van der Waals surface area contributed by atoms with Crippen LogP contribution < -0.4 is 5.73 Å². The van der Waals surface area contributed by atoms with Crippen LogP contribution in [0.25, 0.3) is 0 Å². The van der Waals surface area contributed by atoms with Gasteiger partial charge >= 0.3 is 6.18 Å². The summed E-state index contributed by atoms with van der Waals surface area (Å²) in [5.74, 6) is 1.38. The van der Waals surface area contributed by atoms with Crippen LogP contribution in [0.1, 0.15) is 30.4 Å². The molecule has 0 radical (unpaired) electrons. The van der Waals surface area contributed by atoms with E-state index in [2.05, 4.69) is 6.92 Å². The van der Waals surface area contributed by atoms with Crippen molar-refractivity contribution in [2.75, 3.05) is 6.54 Å². The highest BCUT2D eigenvalue weighted by Crippen LogP contribution is 2.47. The lowest BCUT2D eigenvalue weighted by atomic mass is 9.94. The van der Waals surface area contributed by atoms with Gasteiger partial charge in [0.15, 0.2) is 0 Å². The fraction of sp³-hybridized carbons (Fsp3) is 0.538. The van der Waals surface area contributed by atoms with Gasteiger partial charge in [-0.15, -0.1) is 0 Å². The van der Waals surface area contributed by atoms with Gasteiger partial charge in [0.1, 0.15) is 0 Å². The van der Waals surface area contributed by atoms with Gasteiger partial charge in [0, 0.05) is 0 Å². The molecule has 0 heterocycles. The molecule has 1 nitrogen and oxygen atoms in total. The molecule has 0 saturated heterocycles. The Kier molecular flexibility index (Phi) is 3.17. The van der Waals surface area contributed by atoms with Crippen LogP contribution in [0.2, 0.25) is 0 Å². The molecule has 3 unspecified atom stereocenters. The quantitative estimate of drug-likeness (QED) is 0.865. The smallest absolute Gasteiger partial charge is 0.330 e. The number of benzene rings is 1. The number of rotatable bonds is 3. The molecule has 0 spiro atoms. The average molecular weight is 243 g/mol. The lowest BCUT2D eigenvalue weighted by molar-refractivity contribution is -0.137. The van der Waals surface area contributed by atoms with Gasteiger partial charge in [-0.25, -0.2) is 0 Å². The number of hydrogen-bond acceptors (Lipinski definition) is 1. The van der Waals surface area contributed by atoms with Crippen molar-refractivity contribution in [3.63, 3.8) is 0 Å². The summed E-state index contributed by atoms with van der Waals surface area (Å²) in [5, 5.41) is 0. The maximum absolute atomic E-state index is 12.4. The minimum Gasteiger partial charge on any atom is -0.330 e. The van der Waals surface area contributed by atoms with Gasteiger partial charge in [0.25, 0.3) is 0 Å². The summed E-state index contributed by atoms with van der Waals surface area (Å²) >= 11 is 0. The lowest BCUT2D eigenvalue weighted by Gasteiger charge is -2.13. The zero-order valence-corrected chi connectivity index (χ0v) is 9.67. The summed E-state index contributed by atoms with van der Waals surface area (Å²) in [6, 6.07) is 5.48. The highest BCUT2D eigenvalue weighted by atomic mass is 19.4. The molecule has 1 saturated carbocycles. The van der Waals surface area contributed by atoms with E-state index in [0.717, 1.165) is 24.1 Å². The minimum absolute atomic E-state index is 0.297. The Labute approximate surface area is 98.8 Å². The molecule has 1 aromatic rings. The summed E-state index contributed by atoms with van der Waals surface area (Å²) in [6.45, 7) is 2.73. The molecule has 0 bridgehead atoms. The number of nitrogens with two attached hydrogens (primary N) is 1. The predicted octanol–water partition coefficient (Wildman–Crippen LogP) is 3.40. The van der Waals surface area contributed by atoms with Gasteiger partial charge in [-0.3, -0.25) is 0 Å². The van der Waals surface area contributed by atoms with E-state index < -0.39 is 11.7 Å². The zero-order chi connectivity index (χ0) is 12.6. The molecule has 0 aliphatic heterocycles. The van der Waals surface area contributed by atoms with Gasteiger partial charge < -0.3 is 5.73 Å². The predicted molar refractivity (Wildman–Crippen MR) is 60.5 cm³/mol. The molecular weight excluding hydrogens is 227 g/mol. The molecule has 1 aliphatic carbocycles. The first-order valence-corrected chi connectivity index (χ1v) is 5.80. The van der Waals surface area contributed by atoms with Gasteiger partial charge in [-0.2, -0.15) is 13.2 Å². The minimum atomic E-state index is -4.25. The second-order valence-electron chi connectivity index (χ2n) is 4.80. The average Bonchev–Trinajstić information content (AvgIpc) is 3.06. The lowest BCUT2D eigenvalue weighted by Crippen LogP contribution is -2.07. The van der Waals surface area contributed by atoms with Crippen molar-refractivity contribution in [2.45, 2.75) is 25.4 Å². The molecule has 1 aliphatic rings. The van der Waals surface area contributed by atoms with Gasteiger partial charge in [-0.05, 0) is 48.4 Å². The molecule has 2 rings (SSSR count). The second kappa shape index (κ2) is 4.33. The normalized spacial score (nSPS) is 25.7. The summed E-state index contributed by atoms with van der Waals surface area (Å²) in [7, 11) is 0. The second-order valence-corrected chi connectivity index (χ2v) is 4.80. The molecule has 94 valence electrons. The summed E-state index contributed by atoms with van der Waals surface area (Å²) in [6.07, 6.45) is -3.15. The fourth-order valence-corrected chi connectivity index (χ4v) is 2.38. The van der Waals surface area contributed by atoms with Gasteiger partial charge in [0.2, 0.25) is 0 Å². The first-order chi connectivity index (χ1) is 7.93. The Balaban J connectivity index is 2.08. The third-order valence-electron chi connectivity index (χ3n) is 3.69. The van der Waals surface area contributed by atoms with Gasteiger partial charge in [-0.1, -0.05) is 19.1 Å². The van der Waals surface area contributed by atoms with E-state index in [4.69, 9.17) is 5.73 Å². The van der Waals surface area contributed by atoms with E-state index in [9.17, 15) is 13.2 Å². The Morgan fingerprint density at radius 2 is 1.88 bits per heavy atom. The monoisotopic (exact) mass is 243 g/mol. The van der Waals surface area contributed by atoms with Crippen molar-refractivity contribution in [3.05, 3.63) is 35.4 Å². The standard InChI is InChI=1S/C13H16F3N/c1-8(12-6-10(12)7-17)9-2-4-11(5-3-9)13(14,15)16/h2-5,8,10,12H,6-7,17H2,1H3. The molecule has 0 amide bonds. The van der Waals surface area contributed by atoms with Gasteiger partial charge in [0.05, 0.1) is 5.56 Å². The molecule has 2 N–H and O–H groups in total. The van der Waals surface area contributed by atoms with Crippen LogP contribution in [-0.4, -0.2) is 6.54 Å². The third-order valence-corrected chi connectivity index (χ3v) is 3.69. The van der Waals surface area contributed by atoms with Crippen LogP contribution in [0.3, 0.4) is 0 Å². The maximum atomic E-state index is 12.4. The fourth-order valence-electron chi connectivity index (χ4n) is 2.38. The first-order valence-electron chi connectivity index (χ1n) is 5.80. The molecule has 1 aromatic carbocycles. The van der Waals surface area contributed by atoms with Crippen LogP contribution in [-0.2, 0) is 6.18 Å². The van der Waals surface area contributed by atoms with Crippen molar-refractivity contribution < 1.29 is 13.2 Å². The van der Waals surface area contributed by atoms with Crippen LogP contribution in [0.4, 0.5) is 13.2 Å². The zero-order valence-electron chi connectivity index (χ0n) is 9.67. The van der Waals surface area contributed by atoms with E-state index in [1.165, 1.54) is 0 Å². The summed E-state index contributed by atoms with van der Waals surface area (Å²) in [4.78, 5) is 0. The Morgan fingerprint density at radius 3 is 2.29 bits per heavy atom. The Hall–Kier alpha value is -1.03. The van der Waals surface area contributed by atoms with Crippen LogP contribution >= 0.6 is 0 Å².